The fourth-order valence-corrected chi connectivity index (χ4v) is 6.19. The zero-order valence-corrected chi connectivity index (χ0v) is 26.7. The van der Waals surface area contributed by atoms with Gasteiger partial charge in [0.15, 0.2) is 0 Å². The summed E-state index contributed by atoms with van der Waals surface area (Å²) in [6.07, 6.45) is -6.18. The summed E-state index contributed by atoms with van der Waals surface area (Å²) >= 11 is 0. The van der Waals surface area contributed by atoms with Crippen LogP contribution in [0.5, 0.6) is 0 Å². The first-order valence-corrected chi connectivity index (χ1v) is 15.6. The fraction of sp³-hybridized carbons (Fsp3) is 0.485. The van der Waals surface area contributed by atoms with Gasteiger partial charge < -0.3 is 24.3 Å². The van der Waals surface area contributed by atoms with Gasteiger partial charge in [-0.25, -0.2) is 0 Å². The summed E-state index contributed by atoms with van der Waals surface area (Å²) in [5.41, 5.74) is 1.64. The van der Waals surface area contributed by atoms with Crippen LogP contribution in [-0.2, 0) is 33.1 Å². The van der Waals surface area contributed by atoms with E-state index < -0.39 is 41.0 Å². The number of para-hydroxylation sites is 1. The Morgan fingerprint density at radius 2 is 1.77 bits per heavy atom. The minimum Gasteiger partial charge on any atom is -0.383 e. The topological polar surface area (TPSA) is 82.3 Å². The van der Waals surface area contributed by atoms with E-state index in [-0.39, 0.29) is 25.2 Å². The Kier molecular flexibility index (Phi) is 11.2. The van der Waals surface area contributed by atoms with Gasteiger partial charge in [-0.2, -0.15) is 26.3 Å². The highest BCUT2D eigenvalue weighted by molar-refractivity contribution is 5.95. The number of fused-ring (bicyclic) bond motifs is 1. The Morgan fingerprint density at radius 3 is 2.48 bits per heavy atom. The number of carbonyl (C=O) groups is 1. The Hall–Kier alpha value is -3.79. The number of hydrogen-bond acceptors (Lipinski definition) is 7. The Balaban J connectivity index is 1.32. The zero-order chi connectivity index (χ0) is 34.5. The molecule has 0 saturated carbocycles. The maximum atomic E-state index is 13.8. The third kappa shape index (κ3) is 8.81. The van der Waals surface area contributed by atoms with Gasteiger partial charge in [-0.15, -0.1) is 0 Å². The van der Waals surface area contributed by atoms with Crippen LogP contribution in [0.1, 0.15) is 34.0 Å². The molecule has 3 aromatic rings. The van der Waals surface area contributed by atoms with Gasteiger partial charge in [0.25, 0.3) is 5.91 Å². The number of nitrogens with one attached hydrogen (secondary N) is 2. The Morgan fingerprint density at radius 1 is 1.04 bits per heavy atom. The number of alkyl halides is 6. The van der Waals surface area contributed by atoms with Gasteiger partial charge in [0, 0.05) is 68.7 Å². The van der Waals surface area contributed by atoms with Crippen molar-refractivity contribution in [3.8, 4) is 0 Å². The summed E-state index contributed by atoms with van der Waals surface area (Å²) < 4.78 is 92.5. The molecular formula is C33H39F6N5O4. The van der Waals surface area contributed by atoms with Crippen molar-refractivity contribution in [2.75, 3.05) is 66.3 Å². The first kappa shape index (κ1) is 35.5. The van der Waals surface area contributed by atoms with E-state index in [0.717, 1.165) is 23.0 Å². The summed E-state index contributed by atoms with van der Waals surface area (Å²) in [6, 6.07) is 8.13. The van der Waals surface area contributed by atoms with Crippen LogP contribution in [0, 0.1) is 0 Å². The second-order valence-corrected chi connectivity index (χ2v) is 12.0. The van der Waals surface area contributed by atoms with E-state index in [9.17, 15) is 31.1 Å². The van der Waals surface area contributed by atoms with Crippen LogP contribution >= 0.6 is 0 Å². The van der Waals surface area contributed by atoms with E-state index >= 15 is 0 Å². The number of rotatable bonds is 11. The van der Waals surface area contributed by atoms with E-state index in [2.05, 4.69) is 15.4 Å². The lowest BCUT2D eigenvalue weighted by Gasteiger charge is -2.41. The fourth-order valence-electron chi connectivity index (χ4n) is 6.19. The lowest BCUT2D eigenvalue weighted by atomic mass is 9.99. The highest BCUT2D eigenvalue weighted by Crippen LogP contribution is 2.37. The predicted molar refractivity (Wildman–Crippen MR) is 166 cm³/mol. The number of halogens is 6. The number of methoxy groups -OCH3 is 1. The third-order valence-corrected chi connectivity index (χ3v) is 8.54. The summed E-state index contributed by atoms with van der Waals surface area (Å²) in [5.74, 6) is -0.895. The van der Waals surface area contributed by atoms with Gasteiger partial charge in [0.1, 0.15) is 0 Å². The van der Waals surface area contributed by atoms with Crippen molar-refractivity contribution in [2.45, 2.75) is 37.8 Å². The number of aromatic amines is 1. The molecule has 9 nitrogen and oxygen atoms in total. The van der Waals surface area contributed by atoms with Crippen molar-refractivity contribution in [3.05, 3.63) is 82.8 Å². The summed E-state index contributed by atoms with van der Waals surface area (Å²) in [4.78, 5) is 28.2. The highest BCUT2D eigenvalue weighted by atomic mass is 19.4. The summed E-state index contributed by atoms with van der Waals surface area (Å²) in [7, 11) is 1.65. The van der Waals surface area contributed by atoms with Crippen LogP contribution in [0.25, 0.3) is 10.9 Å². The van der Waals surface area contributed by atoms with E-state index in [0.29, 0.717) is 63.8 Å². The quantitative estimate of drug-likeness (QED) is 0.161. The molecule has 2 aromatic carbocycles. The molecule has 0 bridgehead atoms. The standard InChI is InChI=1S/C33H39F6N5O4/c1-22(41-48-12-10-43-9-11-47-21-28(43)20-46-2)18-42-7-8-44(27(19-42)15-24-17-40-30-6-4-3-5-29(24)30)31(45)23-13-25(32(34,35)36)16-26(14-23)33(37,38)39/h3-6,13-14,16-18,27-28,40-41H,7-12,15,19-21H2,1-2H3/t27-,28?/m1/s1. The van der Waals surface area contributed by atoms with E-state index in [1.807, 2.05) is 42.3 Å². The molecule has 262 valence electrons. The molecule has 48 heavy (non-hydrogen) atoms. The average molecular weight is 684 g/mol. The molecule has 2 aliphatic rings. The lowest BCUT2D eigenvalue weighted by Crippen LogP contribution is -2.54. The SMILES string of the molecule is COCC1COCCN1CCONC(C)=CN1CCN(C(=O)c2cc(C(F)(F)F)cc(C(F)(F)F)c2)[C@H](Cc2c[nH]c3ccccc23)C1. The molecule has 1 amide bonds. The Bertz CT molecular complexity index is 1540. The normalized spacial score (nSPS) is 20.0. The first-order chi connectivity index (χ1) is 22.8. The lowest BCUT2D eigenvalue weighted by molar-refractivity contribution is -0.143. The molecule has 0 aliphatic carbocycles. The number of morpholine rings is 1. The third-order valence-electron chi connectivity index (χ3n) is 8.54. The molecular weight excluding hydrogens is 644 g/mol. The molecule has 1 unspecified atom stereocenters. The molecule has 0 radical (unpaired) electrons. The number of carbonyl (C=O) groups excluding carboxylic acids is 1. The minimum atomic E-state index is -5.07. The van der Waals surface area contributed by atoms with Crippen LogP contribution in [0.15, 0.2) is 60.6 Å². The predicted octanol–water partition coefficient (Wildman–Crippen LogP) is 5.30. The molecule has 2 fully saturated rings. The van der Waals surface area contributed by atoms with E-state index in [1.54, 1.807) is 13.3 Å². The number of piperazine rings is 1. The number of benzene rings is 2. The molecule has 15 heteroatoms. The van der Waals surface area contributed by atoms with Crippen LogP contribution < -0.4 is 5.48 Å². The molecule has 1 aromatic heterocycles. The summed E-state index contributed by atoms with van der Waals surface area (Å²) in [5, 5.41) is 0.912. The van der Waals surface area contributed by atoms with Crippen molar-refractivity contribution in [1.82, 2.24) is 25.2 Å². The van der Waals surface area contributed by atoms with Gasteiger partial charge >= 0.3 is 12.4 Å². The maximum Gasteiger partial charge on any atom is 0.416 e. The van der Waals surface area contributed by atoms with Gasteiger partial charge in [0.05, 0.1) is 55.3 Å². The van der Waals surface area contributed by atoms with Gasteiger partial charge in [-0.1, -0.05) is 18.2 Å². The van der Waals surface area contributed by atoms with E-state index in [4.69, 9.17) is 14.3 Å². The Labute approximate surface area is 274 Å². The second-order valence-electron chi connectivity index (χ2n) is 12.0. The van der Waals surface area contributed by atoms with Crippen molar-refractivity contribution < 1.29 is 45.4 Å². The zero-order valence-electron chi connectivity index (χ0n) is 26.7. The second kappa shape index (κ2) is 15.2. The molecule has 2 aliphatic heterocycles. The monoisotopic (exact) mass is 683 g/mol. The van der Waals surface area contributed by atoms with Crippen LogP contribution in [-0.4, -0.2) is 104 Å². The number of amides is 1. The molecule has 3 heterocycles. The van der Waals surface area contributed by atoms with E-state index in [1.165, 1.54) is 4.90 Å². The molecule has 2 atom stereocenters. The van der Waals surface area contributed by atoms with Crippen molar-refractivity contribution in [3.63, 3.8) is 0 Å². The number of hydroxylamine groups is 1. The highest BCUT2D eigenvalue weighted by Gasteiger charge is 2.39. The number of H-pyrrole nitrogens is 1. The number of hydrogen-bond donors (Lipinski definition) is 2. The molecule has 2 N–H and O–H groups in total. The smallest absolute Gasteiger partial charge is 0.383 e. The van der Waals surface area contributed by atoms with Crippen LogP contribution in [0.3, 0.4) is 0 Å². The number of aromatic nitrogens is 1. The number of nitrogens with zero attached hydrogens (tertiary/aromatic N) is 3. The van der Waals surface area contributed by atoms with Crippen molar-refractivity contribution in [2.24, 2.45) is 0 Å². The van der Waals surface area contributed by atoms with Gasteiger partial charge in [-0.3, -0.25) is 20.0 Å². The number of ether oxygens (including phenoxy) is 2. The largest absolute Gasteiger partial charge is 0.416 e. The van der Waals surface area contributed by atoms with Gasteiger partial charge in [0.2, 0.25) is 0 Å². The molecule has 2 saturated heterocycles. The number of allylic oxidation sites excluding steroid dienone is 1. The first-order valence-electron chi connectivity index (χ1n) is 15.6. The van der Waals surface area contributed by atoms with Crippen molar-refractivity contribution >= 4 is 16.8 Å². The van der Waals surface area contributed by atoms with Crippen LogP contribution in [0.4, 0.5) is 26.3 Å². The molecule has 0 spiro atoms. The minimum absolute atomic E-state index is 0.0275. The van der Waals surface area contributed by atoms with Crippen molar-refractivity contribution in [1.29, 1.82) is 0 Å². The maximum absolute atomic E-state index is 13.8. The summed E-state index contributed by atoms with van der Waals surface area (Å²) in [6.45, 7) is 6.08. The van der Waals surface area contributed by atoms with Crippen LogP contribution in [0.2, 0.25) is 0 Å². The average Bonchev–Trinajstić information content (AvgIpc) is 3.45. The molecule has 5 rings (SSSR count). The van der Waals surface area contributed by atoms with Gasteiger partial charge in [-0.05, 0) is 43.2 Å².